The molecule has 1 N–H and O–H groups in total. The fourth-order valence-corrected chi connectivity index (χ4v) is 4.85. The van der Waals surface area contributed by atoms with E-state index in [1.165, 1.54) is 18.2 Å². The Kier molecular flexibility index (Phi) is 6.29. The summed E-state index contributed by atoms with van der Waals surface area (Å²) < 4.78 is 28.6. The maximum atomic E-state index is 13.0. The summed E-state index contributed by atoms with van der Waals surface area (Å²) in [7, 11) is -3.90. The second-order valence-corrected chi connectivity index (χ2v) is 10.1. The molecule has 1 fully saturated rings. The molecule has 3 aromatic carbocycles. The van der Waals surface area contributed by atoms with Crippen LogP contribution >= 0.6 is 0 Å². The molecule has 6 heteroatoms. The van der Waals surface area contributed by atoms with Crippen LogP contribution in [-0.4, -0.2) is 20.0 Å². The lowest BCUT2D eigenvalue weighted by molar-refractivity contribution is -0.115. The highest BCUT2D eigenvalue weighted by molar-refractivity contribution is 7.89. The predicted molar refractivity (Wildman–Crippen MR) is 128 cm³/mol. The molecule has 168 valence electrons. The average molecular weight is 460 g/mol. The molecule has 0 radical (unpaired) electrons. The zero-order valence-electron chi connectivity index (χ0n) is 18.5. The van der Waals surface area contributed by atoms with Crippen LogP contribution < -0.4 is 4.72 Å². The molecule has 0 aliphatic heterocycles. The van der Waals surface area contributed by atoms with Crippen LogP contribution in [0.5, 0.6) is 0 Å². The standard InChI is InChI=1S/C27H25NO4S/c1-18-11-13-22(14-12-18)33(31,32)28-25(21-10-6-7-19(2)15-21)17-26(29)23-16-24(23)27(30)20-8-4-3-5-9-20/h3-15,17,23-24,28H,16H2,1-2H3/b25-17-/t23-,24-/m1/s1. The summed E-state index contributed by atoms with van der Waals surface area (Å²) in [5, 5.41) is 0. The van der Waals surface area contributed by atoms with E-state index in [0.29, 0.717) is 17.5 Å². The molecule has 33 heavy (non-hydrogen) atoms. The van der Waals surface area contributed by atoms with Crippen LogP contribution in [0.2, 0.25) is 0 Å². The molecule has 0 unspecified atom stereocenters. The van der Waals surface area contributed by atoms with Crippen molar-refractivity contribution in [2.75, 3.05) is 0 Å². The Balaban J connectivity index is 1.61. The largest absolute Gasteiger partial charge is 0.294 e. The Hall–Kier alpha value is -3.51. The van der Waals surface area contributed by atoms with E-state index in [9.17, 15) is 18.0 Å². The van der Waals surface area contributed by atoms with Crippen molar-refractivity contribution in [2.45, 2.75) is 25.2 Å². The first-order valence-corrected chi connectivity index (χ1v) is 12.2. The van der Waals surface area contributed by atoms with E-state index in [1.807, 2.05) is 38.1 Å². The summed E-state index contributed by atoms with van der Waals surface area (Å²) in [4.78, 5) is 25.8. The minimum Gasteiger partial charge on any atom is -0.294 e. The van der Waals surface area contributed by atoms with E-state index in [1.54, 1.807) is 42.5 Å². The van der Waals surface area contributed by atoms with Crippen molar-refractivity contribution in [3.63, 3.8) is 0 Å². The molecule has 0 amide bonds. The number of hydrogen-bond acceptors (Lipinski definition) is 4. The van der Waals surface area contributed by atoms with E-state index in [2.05, 4.69) is 4.72 Å². The number of sulfonamides is 1. The third-order valence-electron chi connectivity index (χ3n) is 5.74. The predicted octanol–water partition coefficient (Wildman–Crippen LogP) is 4.71. The van der Waals surface area contributed by atoms with Gasteiger partial charge in [0.15, 0.2) is 11.6 Å². The van der Waals surface area contributed by atoms with Crippen molar-refractivity contribution in [2.24, 2.45) is 11.8 Å². The minimum absolute atomic E-state index is 0.0558. The Morgan fingerprint density at radius 1 is 0.818 bits per heavy atom. The molecule has 0 saturated heterocycles. The Labute approximate surface area is 194 Å². The van der Waals surface area contributed by atoms with E-state index in [0.717, 1.165) is 11.1 Å². The van der Waals surface area contributed by atoms with Gasteiger partial charge in [0, 0.05) is 23.5 Å². The maximum Gasteiger partial charge on any atom is 0.261 e. The van der Waals surface area contributed by atoms with Crippen LogP contribution in [0.1, 0.15) is 33.5 Å². The number of benzene rings is 3. The molecule has 1 saturated carbocycles. The fraction of sp³-hybridized carbons (Fsp3) is 0.185. The highest BCUT2D eigenvalue weighted by Gasteiger charge is 2.47. The van der Waals surface area contributed by atoms with Gasteiger partial charge in [0.2, 0.25) is 0 Å². The van der Waals surface area contributed by atoms with Gasteiger partial charge in [-0.15, -0.1) is 0 Å². The van der Waals surface area contributed by atoms with E-state index in [-0.39, 0.29) is 28.1 Å². The van der Waals surface area contributed by atoms with Crippen LogP contribution in [-0.2, 0) is 14.8 Å². The van der Waals surface area contributed by atoms with Gasteiger partial charge in [-0.3, -0.25) is 14.3 Å². The normalized spacial score (nSPS) is 17.9. The smallest absolute Gasteiger partial charge is 0.261 e. The van der Waals surface area contributed by atoms with E-state index < -0.39 is 15.9 Å². The van der Waals surface area contributed by atoms with Gasteiger partial charge in [-0.05, 0) is 44.0 Å². The zero-order valence-corrected chi connectivity index (χ0v) is 19.3. The number of ketones is 2. The number of carbonyl (C=O) groups is 2. The lowest BCUT2D eigenvalue weighted by atomic mass is 10.0. The number of nitrogens with one attached hydrogen (secondary N) is 1. The van der Waals surface area contributed by atoms with Crippen molar-refractivity contribution in [1.82, 2.24) is 4.72 Å². The summed E-state index contributed by atoms with van der Waals surface area (Å²) >= 11 is 0. The summed E-state index contributed by atoms with van der Waals surface area (Å²) in [5.74, 6) is -1.13. The van der Waals surface area contributed by atoms with Gasteiger partial charge in [-0.25, -0.2) is 8.42 Å². The van der Waals surface area contributed by atoms with Crippen LogP contribution in [0.4, 0.5) is 0 Å². The van der Waals surface area contributed by atoms with Crippen molar-refractivity contribution in [3.05, 3.63) is 107 Å². The lowest BCUT2D eigenvalue weighted by Crippen LogP contribution is -2.23. The third kappa shape index (κ3) is 5.29. The van der Waals surface area contributed by atoms with E-state index >= 15 is 0 Å². The first kappa shape index (κ1) is 22.7. The number of hydrogen-bond donors (Lipinski definition) is 1. The summed E-state index contributed by atoms with van der Waals surface area (Å²) in [6.45, 7) is 3.77. The molecule has 5 nitrogen and oxygen atoms in total. The highest BCUT2D eigenvalue weighted by atomic mass is 32.2. The zero-order chi connectivity index (χ0) is 23.6. The number of carbonyl (C=O) groups excluding carboxylic acids is 2. The number of rotatable bonds is 8. The van der Waals surface area contributed by atoms with Gasteiger partial charge >= 0.3 is 0 Å². The molecule has 3 aromatic rings. The molecule has 0 spiro atoms. The SMILES string of the molecule is Cc1ccc(S(=O)(=O)N/C(=C\C(=O)[C@@H]2C[C@H]2C(=O)c2ccccc2)c2cccc(C)c2)cc1. The molecule has 0 bridgehead atoms. The second kappa shape index (κ2) is 9.16. The lowest BCUT2D eigenvalue weighted by Gasteiger charge is -2.13. The summed E-state index contributed by atoms with van der Waals surface area (Å²) in [6, 6.07) is 22.7. The van der Waals surface area contributed by atoms with Crippen molar-refractivity contribution in [1.29, 1.82) is 0 Å². The van der Waals surface area contributed by atoms with Gasteiger partial charge in [0.25, 0.3) is 10.0 Å². The molecule has 4 rings (SSSR count). The topological polar surface area (TPSA) is 80.3 Å². The van der Waals surface area contributed by atoms with Crippen LogP contribution in [0.15, 0.2) is 89.8 Å². The Morgan fingerprint density at radius 2 is 1.48 bits per heavy atom. The van der Waals surface area contributed by atoms with Gasteiger partial charge in [-0.2, -0.15) is 0 Å². The number of aryl methyl sites for hydroxylation is 2. The molecular weight excluding hydrogens is 434 g/mol. The highest BCUT2D eigenvalue weighted by Crippen LogP contribution is 2.42. The van der Waals surface area contributed by atoms with Crippen molar-refractivity contribution in [3.8, 4) is 0 Å². The van der Waals surface area contributed by atoms with Crippen molar-refractivity contribution >= 4 is 27.3 Å². The molecule has 2 atom stereocenters. The molecule has 0 aromatic heterocycles. The monoisotopic (exact) mass is 459 g/mol. The van der Waals surface area contributed by atoms with Gasteiger partial charge < -0.3 is 0 Å². The first-order chi connectivity index (χ1) is 15.7. The molecule has 0 heterocycles. The van der Waals surface area contributed by atoms with Crippen molar-refractivity contribution < 1.29 is 18.0 Å². The van der Waals surface area contributed by atoms with Gasteiger partial charge in [-0.1, -0.05) is 71.8 Å². The van der Waals surface area contributed by atoms with Gasteiger partial charge in [0.1, 0.15) is 0 Å². The molecular formula is C27H25NO4S. The first-order valence-electron chi connectivity index (χ1n) is 10.8. The van der Waals surface area contributed by atoms with Crippen LogP contribution in [0.3, 0.4) is 0 Å². The number of Topliss-reactive ketones (excluding diaryl/α,β-unsaturated/α-hetero) is 1. The van der Waals surface area contributed by atoms with Crippen LogP contribution in [0, 0.1) is 25.7 Å². The van der Waals surface area contributed by atoms with Gasteiger partial charge in [0.05, 0.1) is 10.6 Å². The number of allylic oxidation sites excluding steroid dienone is 1. The molecule has 1 aliphatic rings. The second-order valence-electron chi connectivity index (χ2n) is 8.43. The quantitative estimate of drug-likeness (QED) is 0.391. The molecule has 1 aliphatic carbocycles. The summed E-state index contributed by atoms with van der Waals surface area (Å²) in [6.07, 6.45) is 1.79. The van der Waals surface area contributed by atoms with E-state index in [4.69, 9.17) is 0 Å². The van der Waals surface area contributed by atoms with Crippen LogP contribution in [0.25, 0.3) is 5.70 Å². The average Bonchev–Trinajstić information content (AvgIpc) is 3.60. The minimum atomic E-state index is -3.90. The Bertz CT molecular complexity index is 1330. The maximum absolute atomic E-state index is 13.0. The third-order valence-corrected chi connectivity index (χ3v) is 7.12. The summed E-state index contributed by atoms with van der Waals surface area (Å²) in [5.41, 5.74) is 3.25. The Morgan fingerprint density at radius 3 is 2.15 bits per heavy atom. The fourth-order valence-electron chi connectivity index (χ4n) is 3.77.